The molecule has 3 nitrogen and oxygen atoms in total. The molecule has 98 valence electrons. The maximum absolute atomic E-state index is 13.5. The number of carbonyl (C=O) groups excluding carboxylic acids is 2. The molecule has 0 fully saturated rings. The summed E-state index contributed by atoms with van der Waals surface area (Å²) in [6.45, 7) is 1.42. The van der Waals surface area contributed by atoms with Crippen molar-refractivity contribution in [3.63, 3.8) is 0 Å². The van der Waals surface area contributed by atoms with Crippen molar-refractivity contribution >= 4 is 40.3 Å². The van der Waals surface area contributed by atoms with Crippen molar-refractivity contribution in [3.05, 3.63) is 50.9 Å². The molecule has 0 bridgehead atoms. The van der Waals surface area contributed by atoms with E-state index in [1.807, 2.05) is 0 Å². The van der Waals surface area contributed by atoms with Gasteiger partial charge in [0.1, 0.15) is 5.82 Å². The van der Waals surface area contributed by atoms with Crippen molar-refractivity contribution in [2.75, 3.05) is 5.32 Å². The van der Waals surface area contributed by atoms with E-state index in [-0.39, 0.29) is 16.5 Å². The Labute approximate surface area is 118 Å². The molecule has 2 aromatic rings. The minimum absolute atomic E-state index is 0.0483. The number of hydrogen-bond acceptors (Lipinski definition) is 3. The predicted molar refractivity (Wildman–Crippen MR) is 73.7 cm³/mol. The number of thiophene rings is 1. The number of rotatable bonds is 3. The molecule has 0 aliphatic rings. The lowest BCUT2D eigenvalue weighted by Gasteiger charge is -2.04. The summed E-state index contributed by atoms with van der Waals surface area (Å²) >= 11 is 6.69. The van der Waals surface area contributed by atoms with Gasteiger partial charge in [-0.05, 0) is 37.3 Å². The molecule has 2 rings (SSSR count). The highest BCUT2D eigenvalue weighted by atomic mass is 35.5. The van der Waals surface area contributed by atoms with Crippen LogP contribution in [0.4, 0.5) is 10.1 Å². The van der Waals surface area contributed by atoms with Crippen molar-refractivity contribution < 1.29 is 14.0 Å². The molecule has 0 unspecified atom stereocenters. The monoisotopic (exact) mass is 297 g/mol. The zero-order chi connectivity index (χ0) is 14.0. The van der Waals surface area contributed by atoms with Gasteiger partial charge >= 0.3 is 0 Å². The maximum Gasteiger partial charge on any atom is 0.265 e. The summed E-state index contributed by atoms with van der Waals surface area (Å²) in [4.78, 5) is 23.8. The quantitative estimate of drug-likeness (QED) is 0.871. The van der Waals surface area contributed by atoms with Crippen molar-refractivity contribution in [2.45, 2.75) is 6.92 Å². The van der Waals surface area contributed by atoms with E-state index in [9.17, 15) is 14.0 Å². The van der Waals surface area contributed by atoms with Gasteiger partial charge in [-0.25, -0.2) is 4.39 Å². The number of nitrogens with one attached hydrogen (secondary N) is 1. The molecule has 0 aliphatic heterocycles. The van der Waals surface area contributed by atoms with E-state index in [2.05, 4.69) is 5.32 Å². The molecule has 0 saturated heterocycles. The van der Waals surface area contributed by atoms with Crippen LogP contribution in [0.3, 0.4) is 0 Å². The van der Waals surface area contributed by atoms with Crippen LogP contribution in [0.1, 0.15) is 26.3 Å². The van der Waals surface area contributed by atoms with E-state index >= 15 is 0 Å². The smallest absolute Gasteiger partial charge is 0.265 e. The average Bonchev–Trinajstić information content (AvgIpc) is 2.82. The Morgan fingerprint density at radius 2 is 1.89 bits per heavy atom. The van der Waals surface area contributed by atoms with Crippen LogP contribution >= 0.6 is 22.9 Å². The number of amides is 1. The van der Waals surface area contributed by atoms with E-state index in [4.69, 9.17) is 11.6 Å². The van der Waals surface area contributed by atoms with Gasteiger partial charge < -0.3 is 5.32 Å². The molecule has 0 radical (unpaired) electrons. The lowest BCUT2D eigenvalue weighted by atomic mass is 10.3. The first-order valence-electron chi connectivity index (χ1n) is 5.34. The number of halogens is 2. The summed E-state index contributed by atoms with van der Waals surface area (Å²) < 4.78 is 13.5. The number of anilines is 1. The lowest BCUT2D eigenvalue weighted by Crippen LogP contribution is -2.11. The fourth-order valence-corrected chi connectivity index (χ4v) is 2.38. The van der Waals surface area contributed by atoms with Crippen LogP contribution in [-0.4, -0.2) is 11.7 Å². The fourth-order valence-electron chi connectivity index (χ4n) is 1.42. The standard InChI is InChI=1S/C13H9ClFNO2S/c1-7(17)11-4-5-12(19-11)13(18)16-10-3-2-8(14)6-9(10)15/h2-6H,1H3,(H,16,18). The number of ketones is 1. The van der Waals surface area contributed by atoms with Gasteiger partial charge in [0, 0.05) is 5.02 Å². The minimum atomic E-state index is -0.607. The van der Waals surface area contributed by atoms with E-state index in [0.29, 0.717) is 9.75 Å². The van der Waals surface area contributed by atoms with Gasteiger partial charge in [-0.3, -0.25) is 9.59 Å². The minimum Gasteiger partial charge on any atom is -0.319 e. The van der Waals surface area contributed by atoms with Gasteiger partial charge in [0.2, 0.25) is 0 Å². The fraction of sp³-hybridized carbons (Fsp3) is 0.0769. The zero-order valence-corrected chi connectivity index (χ0v) is 11.4. The van der Waals surface area contributed by atoms with Crippen LogP contribution in [0, 0.1) is 5.82 Å². The Balaban J connectivity index is 2.18. The molecule has 1 heterocycles. The van der Waals surface area contributed by atoms with Crippen LogP contribution in [0.25, 0.3) is 0 Å². The lowest BCUT2D eigenvalue weighted by molar-refractivity contribution is 0.101. The highest BCUT2D eigenvalue weighted by molar-refractivity contribution is 7.16. The van der Waals surface area contributed by atoms with E-state index in [1.54, 1.807) is 6.07 Å². The van der Waals surface area contributed by atoms with Gasteiger partial charge in [0.25, 0.3) is 5.91 Å². The van der Waals surface area contributed by atoms with Crippen LogP contribution in [-0.2, 0) is 0 Å². The second kappa shape index (κ2) is 5.50. The van der Waals surface area contributed by atoms with Gasteiger partial charge in [0.15, 0.2) is 5.78 Å². The molecular weight excluding hydrogens is 289 g/mol. The SMILES string of the molecule is CC(=O)c1ccc(C(=O)Nc2ccc(Cl)cc2F)s1. The van der Waals surface area contributed by atoms with E-state index in [1.165, 1.54) is 25.1 Å². The summed E-state index contributed by atoms with van der Waals surface area (Å²) in [6, 6.07) is 7.09. The van der Waals surface area contributed by atoms with Gasteiger partial charge in [0.05, 0.1) is 15.4 Å². The Morgan fingerprint density at radius 3 is 2.47 bits per heavy atom. The Morgan fingerprint density at radius 1 is 1.21 bits per heavy atom. The Bertz CT molecular complexity index is 654. The van der Waals surface area contributed by atoms with Crippen LogP contribution in [0.2, 0.25) is 5.02 Å². The molecule has 6 heteroatoms. The molecular formula is C13H9ClFNO2S. The molecule has 1 aromatic carbocycles. The molecule has 0 spiro atoms. The first-order chi connectivity index (χ1) is 8.97. The van der Waals surface area contributed by atoms with Crippen LogP contribution in [0.15, 0.2) is 30.3 Å². The van der Waals surface area contributed by atoms with Gasteiger partial charge in [-0.1, -0.05) is 11.6 Å². The molecule has 1 aromatic heterocycles. The van der Waals surface area contributed by atoms with Crippen LogP contribution in [0.5, 0.6) is 0 Å². The number of hydrogen-bond donors (Lipinski definition) is 1. The third kappa shape index (κ3) is 3.19. The zero-order valence-electron chi connectivity index (χ0n) is 9.87. The summed E-state index contributed by atoms with van der Waals surface area (Å²) in [7, 11) is 0. The summed E-state index contributed by atoms with van der Waals surface area (Å²) in [5.41, 5.74) is 0.0483. The van der Waals surface area contributed by atoms with Crippen molar-refractivity contribution in [1.82, 2.24) is 0 Å². The van der Waals surface area contributed by atoms with Crippen LogP contribution < -0.4 is 5.32 Å². The summed E-state index contributed by atoms with van der Waals surface area (Å²) in [5, 5.41) is 2.69. The number of carbonyl (C=O) groups is 2. The highest BCUT2D eigenvalue weighted by Crippen LogP contribution is 2.22. The normalized spacial score (nSPS) is 10.3. The molecule has 19 heavy (non-hydrogen) atoms. The number of benzene rings is 1. The van der Waals surface area contributed by atoms with Crippen molar-refractivity contribution in [1.29, 1.82) is 0 Å². The van der Waals surface area contributed by atoms with E-state index < -0.39 is 11.7 Å². The van der Waals surface area contributed by atoms with E-state index in [0.717, 1.165) is 17.4 Å². The third-order valence-corrected chi connectivity index (χ3v) is 3.78. The predicted octanol–water partition coefficient (Wildman–Crippen LogP) is 4.00. The summed E-state index contributed by atoms with van der Waals surface area (Å²) in [5.74, 6) is -1.18. The molecule has 0 aliphatic carbocycles. The molecule has 1 amide bonds. The highest BCUT2D eigenvalue weighted by Gasteiger charge is 2.13. The Kier molecular flexibility index (Phi) is 3.97. The van der Waals surface area contributed by atoms with Crippen molar-refractivity contribution in [3.8, 4) is 0 Å². The van der Waals surface area contributed by atoms with Gasteiger partial charge in [-0.2, -0.15) is 0 Å². The second-order valence-corrected chi connectivity index (χ2v) is 5.32. The topological polar surface area (TPSA) is 46.2 Å². The summed E-state index contributed by atoms with van der Waals surface area (Å²) in [6.07, 6.45) is 0. The van der Waals surface area contributed by atoms with Gasteiger partial charge in [-0.15, -0.1) is 11.3 Å². The molecule has 1 N–H and O–H groups in total. The maximum atomic E-state index is 13.5. The number of Topliss-reactive ketones (excluding diaryl/α,β-unsaturated/α-hetero) is 1. The first-order valence-corrected chi connectivity index (χ1v) is 6.54. The molecule has 0 saturated carbocycles. The Hall–Kier alpha value is -1.72. The van der Waals surface area contributed by atoms with Crippen molar-refractivity contribution in [2.24, 2.45) is 0 Å². The second-order valence-electron chi connectivity index (χ2n) is 3.80. The first kappa shape index (κ1) is 13.7. The average molecular weight is 298 g/mol. The molecule has 0 atom stereocenters. The third-order valence-electron chi connectivity index (χ3n) is 2.36. The largest absolute Gasteiger partial charge is 0.319 e.